The molecule has 0 unspecified atom stereocenters. The topological polar surface area (TPSA) is 20.3 Å². The lowest BCUT2D eigenvalue weighted by molar-refractivity contribution is -0.127. The number of hydrogen-bond acceptors (Lipinski definition) is 1. The molecule has 2 aromatic carbocycles. The minimum Gasteiger partial charge on any atom is -0.332 e. The number of hydrogen-bond donors (Lipinski definition) is 0. The number of benzene rings is 2. The van der Waals surface area contributed by atoms with Gasteiger partial charge >= 0.3 is 6.18 Å². The first-order chi connectivity index (χ1) is 11.3. The van der Waals surface area contributed by atoms with E-state index in [2.05, 4.69) is 0 Å². The van der Waals surface area contributed by atoms with E-state index >= 15 is 0 Å². The Bertz CT molecular complexity index is 823. The highest BCUT2D eigenvalue weighted by Gasteiger charge is 2.41. The third kappa shape index (κ3) is 2.88. The predicted molar refractivity (Wildman–Crippen MR) is 87.6 cm³/mol. The molecule has 0 bridgehead atoms. The minimum absolute atomic E-state index is 0.00623. The van der Waals surface area contributed by atoms with Gasteiger partial charge in [-0.15, -0.1) is 0 Å². The first-order valence-electron chi connectivity index (χ1n) is 7.55. The Hall–Kier alpha value is -2.01. The van der Waals surface area contributed by atoms with Crippen molar-refractivity contribution in [2.24, 2.45) is 0 Å². The quantitative estimate of drug-likeness (QED) is 0.680. The number of carbonyl (C=O) groups excluding carboxylic acids is 1. The fraction of sp³-hybridized carbons (Fsp3) is 0.278. The predicted octanol–water partition coefficient (Wildman–Crippen LogP) is 5.19. The maximum atomic E-state index is 12.8. The Morgan fingerprint density at radius 2 is 1.83 bits per heavy atom. The standard InChI is InChI=1S/C18H15ClF3NO/c1-11(13-8-4-6-12-5-2-3-7-14(12)13)23-10-9-15(17(23)24)16(19)18(20,21)22/h2-8,11H,9-10H2,1H3/t11-/m1/s1. The summed E-state index contributed by atoms with van der Waals surface area (Å²) in [5.41, 5.74) is 0.557. The van der Waals surface area contributed by atoms with Gasteiger partial charge in [-0.1, -0.05) is 54.1 Å². The lowest BCUT2D eigenvalue weighted by Crippen LogP contribution is -2.29. The Labute approximate surface area is 142 Å². The van der Waals surface area contributed by atoms with Gasteiger partial charge in [0.05, 0.1) is 6.04 Å². The van der Waals surface area contributed by atoms with Gasteiger partial charge in [0, 0.05) is 12.1 Å². The molecule has 126 valence electrons. The molecule has 1 atom stereocenters. The van der Waals surface area contributed by atoms with Crippen LogP contribution in [0.4, 0.5) is 13.2 Å². The summed E-state index contributed by atoms with van der Waals surface area (Å²) in [5.74, 6) is -0.641. The molecule has 1 saturated heterocycles. The molecule has 1 heterocycles. The maximum absolute atomic E-state index is 12.8. The van der Waals surface area contributed by atoms with Gasteiger partial charge in [-0.25, -0.2) is 0 Å². The van der Waals surface area contributed by atoms with E-state index < -0.39 is 17.1 Å². The second-order valence-electron chi connectivity index (χ2n) is 5.78. The second kappa shape index (κ2) is 6.13. The number of nitrogens with zero attached hydrogens (tertiary/aromatic N) is 1. The highest BCUT2D eigenvalue weighted by Crippen LogP contribution is 2.38. The van der Waals surface area contributed by atoms with Gasteiger partial charge in [-0.3, -0.25) is 4.79 Å². The minimum atomic E-state index is -4.69. The van der Waals surface area contributed by atoms with Crippen LogP contribution in [0.1, 0.15) is 24.9 Å². The molecular formula is C18H15ClF3NO. The molecule has 1 amide bonds. The number of allylic oxidation sites excluding steroid dienone is 1. The lowest BCUT2D eigenvalue weighted by atomic mass is 9.99. The Balaban J connectivity index is 1.97. The average Bonchev–Trinajstić information content (AvgIpc) is 2.93. The molecule has 0 aromatic heterocycles. The SMILES string of the molecule is C[C@H](c1cccc2ccccc12)N1CCC(=C(Cl)C(F)(F)F)C1=O. The number of fused-ring (bicyclic) bond motifs is 1. The van der Waals surface area contributed by atoms with Gasteiger partial charge in [0.25, 0.3) is 5.91 Å². The van der Waals surface area contributed by atoms with E-state index in [1.807, 2.05) is 49.4 Å². The van der Waals surface area contributed by atoms with Crippen molar-refractivity contribution in [1.29, 1.82) is 0 Å². The maximum Gasteiger partial charge on any atom is 0.427 e. The van der Waals surface area contributed by atoms with Crippen molar-refractivity contribution in [2.45, 2.75) is 25.6 Å². The molecule has 6 heteroatoms. The molecule has 3 rings (SSSR count). The number of halogens is 4. The van der Waals surface area contributed by atoms with E-state index in [0.717, 1.165) is 16.3 Å². The summed E-state index contributed by atoms with van der Waals surface area (Å²) in [4.78, 5) is 13.9. The largest absolute Gasteiger partial charge is 0.427 e. The molecule has 1 aliphatic rings. The number of carbonyl (C=O) groups is 1. The van der Waals surface area contributed by atoms with Crippen molar-refractivity contribution in [3.05, 3.63) is 58.6 Å². The van der Waals surface area contributed by atoms with Crippen LogP contribution in [0.25, 0.3) is 10.8 Å². The second-order valence-corrected chi connectivity index (χ2v) is 6.16. The molecule has 0 N–H and O–H groups in total. The molecule has 2 nitrogen and oxygen atoms in total. The van der Waals surface area contributed by atoms with Crippen LogP contribution in [0.5, 0.6) is 0 Å². The lowest BCUT2D eigenvalue weighted by Gasteiger charge is -2.25. The van der Waals surface area contributed by atoms with Crippen molar-refractivity contribution in [1.82, 2.24) is 4.90 Å². The first-order valence-corrected chi connectivity index (χ1v) is 7.93. The first kappa shape index (κ1) is 16.8. The molecule has 0 spiro atoms. The number of amides is 1. The van der Waals surface area contributed by atoms with E-state index in [-0.39, 0.29) is 24.6 Å². The van der Waals surface area contributed by atoms with Crippen LogP contribution < -0.4 is 0 Å². The summed E-state index contributed by atoms with van der Waals surface area (Å²) in [5, 5.41) is 0.706. The smallest absolute Gasteiger partial charge is 0.332 e. The van der Waals surface area contributed by atoms with Crippen LogP contribution in [0.2, 0.25) is 0 Å². The van der Waals surface area contributed by atoms with Crippen LogP contribution in [0, 0.1) is 0 Å². The third-order valence-electron chi connectivity index (χ3n) is 4.38. The average molecular weight is 354 g/mol. The zero-order chi connectivity index (χ0) is 17.5. The van der Waals surface area contributed by atoms with Crippen LogP contribution >= 0.6 is 11.6 Å². The van der Waals surface area contributed by atoms with E-state index in [9.17, 15) is 18.0 Å². The van der Waals surface area contributed by atoms with Crippen LogP contribution in [0.15, 0.2) is 53.1 Å². The molecule has 1 fully saturated rings. The van der Waals surface area contributed by atoms with Gasteiger partial charge in [0.15, 0.2) is 0 Å². The fourth-order valence-electron chi connectivity index (χ4n) is 3.14. The molecule has 24 heavy (non-hydrogen) atoms. The monoisotopic (exact) mass is 353 g/mol. The Kier molecular flexibility index (Phi) is 4.30. The molecule has 0 saturated carbocycles. The van der Waals surface area contributed by atoms with Gasteiger partial charge in [0.2, 0.25) is 0 Å². The number of rotatable bonds is 2. The number of alkyl halides is 3. The highest BCUT2D eigenvalue weighted by atomic mass is 35.5. The molecular weight excluding hydrogens is 339 g/mol. The van der Waals surface area contributed by atoms with Crippen molar-refractivity contribution in [3.8, 4) is 0 Å². The Morgan fingerprint density at radius 3 is 2.54 bits per heavy atom. The summed E-state index contributed by atoms with van der Waals surface area (Å²) in [7, 11) is 0. The number of likely N-dealkylation sites (tertiary alicyclic amines) is 1. The van der Waals surface area contributed by atoms with Crippen molar-refractivity contribution < 1.29 is 18.0 Å². The highest BCUT2D eigenvalue weighted by molar-refractivity contribution is 6.32. The van der Waals surface area contributed by atoms with E-state index in [0.29, 0.717) is 0 Å². The molecule has 2 aromatic rings. The van der Waals surface area contributed by atoms with E-state index in [1.165, 1.54) is 4.90 Å². The zero-order valence-electron chi connectivity index (χ0n) is 12.9. The summed E-state index contributed by atoms with van der Waals surface area (Å²) in [6.45, 7) is 2.05. The summed E-state index contributed by atoms with van der Waals surface area (Å²) >= 11 is 5.38. The van der Waals surface area contributed by atoms with Crippen molar-refractivity contribution >= 4 is 28.3 Å². The van der Waals surface area contributed by atoms with Crippen molar-refractivity contribution in [3.63, 3.8) is 0 Å². The molecule has 0 radical (unpaired) electrons. The summed E-state index contributed by atoms with van der Waals surface area (Å²) in [6, 6.07) is 13.1. The molecule has 0 aliphatic carbocycles. The Morgan fingerprint density at radius 1 is 1.17 bits per heavy atom. The van der Waals surface area contributed by atoms with Crippen LogP contribution in [-0.2, 0) is 4.79 Å². The fourth-order valence-corrected chi connectivity index (χ4v) is 3.32. The zero-order valence-corrected chi connectivity index (χ0v) is 13.7. The summed E-state index contributed by atoms with van der Waals surface area (Å²) in [6.07, 6.45) is -4.68. The van der Waals surface area contributed by atoms with Crippen LogP contribution in [-0.4, -0.2) is 23.5 Å². The van der Waals surface area contributed by atoms with E-state index in [4.69, 9.17) is 11.6 Å². The molecule has 1 aliphatic heterocycles. The van der Waals surface area contributed by atoms with Crippen molar-refractivity contribution in [2.75, 3.05) is 6.54 Å². The van der Waals surface area contributed by atoms with Gasteiger partial charge in [-0.2, -0.15) is 13.2 Å². The van der Waals surface area contributed by atoms with Gasteiger partial charge in [-0.05, 0) is 29.7 Å². The summed E-state index contributed by atoms with van der Waals surface area (Å²) < 4.78 is 38.3. The van der Waals surface area contributed by atoms with Crippen LogP contribution in [0.3, 0.4) is 0 Å². The van der Waals surface area contributed by atoms with Gasteiger partial charge < -0.3 is 4.90 Å². The third-order valence-corrected chi connectivity index (χ3v) is 4.82. The van der Waals surface area contributed by atoms with E-state index in [1.54, 1.807) is 0 Å². The van der Waals surface area contributed by atoms with Gasteiger partial charge in [0.1, 0.15) is 5.03 Å². The normalized spacial score (nSPS) is 19.0.